The molecule has 0 aliphatic carbocycles. The maximum Gasteiger partial charge on any atom is 0.279 e. The van der Waals surface area contributed by atoms with Crippen molar-refractivity contribution in [2.45, 2.75) is 20.8 Å². The minimum atomic E-state index is -0.171. The smallest absolute Gasteiger partial charge is 0.279 e. The summed E-state index contributed by atoms with van der Waals surface area (Å²) in [6.45, 7) is 5.78. The Hall–Kier alpha value is -2.10. The number of oxazole rings is 1. The van der Waals surface area contributed by atoms with Gasteiger partial charge in [-0.15, -0.1) is 0 Å². The van der Waals surface area contributed by atoms with Crippen LogP contribution in [-0.2, 0) is 0 Å². The van der Waals surface area contributed by atoms with E-state index >= 15 is 0 Å². The molecule has 1 heterocycles. The number of amides is 1. The molecule has 0 unspecified atom stereocenters. The van der Waals surface area contributed by atoms with E-state index in [1.54, 1.807) is 18.9 Å². The Kier molecular flexibility index (Phi) is 3.19. The summed E-state index contributed by atoms with van der Waals surface area (Å²) in [6, 6.07) is 5.91. The Morgan fingerprint density at radius 3 is 2.50 bits per heavy atom. The van der Waals surface area contributed by atoms with Crippen LogP contribution in [0.4, 0.5) is 5.69 Å². The quantitative estimate of drug-likeness (QED) is 0.816. The molecule has 1 aromatic heterocycles. The summed E-state index contributed by atoms with van der Waals surface area (Å²) in [4.78, 5) is 17.8. The summed E-state index contributed by atoms with van der Waals surface area (Å²) in [7, 11) is 1.73. The van der Waals surface area contributed by atoms with E-state index in [9.17, 15) is 4.79 Å². The first-order valence-corrected chi connectivity index (χ1v) is 5.76. The van der Waals surface area contributed by atoms with Crippen molar-refractivity contribution in [2.75, 3.05) is 11.9 Å². The molecule has 1 amide bonds. The minimum Gasteiger partial charge on any atom is -0.448 e. The molecule has 0 saturated carbocycles. The molecule has 4 nitrogen and oxygen atoms in total. The second-order valence-electron chi connectivity index (χ2n) is 4.38. The largest absolute Gasteiger partial charge is 0.448 e. The number of rotatable bonds is 2. The molecule has 0 radical (unpaired) electrons. The second-order valence-corrected chi connectivity index (χ2v) is 4.38. The minimum absolute atomic E-state index is 0.171. The van der Waals surface area contributed by atoms with Gasteiger partial charge in [0.15, 0.2) is 11.6 Å². The molecule has 94 valence electrons. The van der Waals surface area contributed by atoms with Gasteiger partial charge in [-0.1, -0.05) is 6.07 Å². The van der Waals surface area contributed by atoms with Crippen LogP contribution in [0.25, 0.3) is 0 Å². The van der Waals surface area contributed by atoms with E-state index in [2.05, 4.69) is 4.98 Å². The van der Waals surface area contributed by atoms with Crippen molar-refractivity contribution in [3.63, 3.8) is 0 Å². The maximum absolute atomic E-state index is 12.2. The standard InChI is InChI=1S/C14H16N2O2/c1-9-5-6-12(7-10(9)2)16(4)14(17)13-8-18-11(3)15-13/h5-8H,1-4H3. The highest BCUT2D eigenvalue weighted by molar-refractivity contribution is 6.04. The van der Waals surface area contributed by atoms with Crippen LogP contribution < -0.4 is 4.90 Å². The van der Waals surface area contributed by atoms with Gasteiger partial charge >= 0.3 is 0 Å². The average Bonchev–Trinajstić information content (AvgIpc) is 2.77. The van der Waals surface area contributed by atoms with Gasteiger partial charge in [-0.25, -0.2) is 4.98 Å². The molecule has 18 heavy (non-hydrogen) atoms. The van der Waals surface area contributed by atoms with Crippen LogP contribution in [-0.4, -0.2) is 17.9 Å². The zero-order valence-corrected chi connectivity index (χ0v) is 11.0. The van der Waals surface area contributed by atoms with Gasteiger partial charge in [0.25, 0.3) is 5.91 Å². The molecule has 0 aliphatic rings. The van der Waals surface area contributed by atoms with Crippen molar-refractivity contribution < 1.29 is 9.21 Å². The summed E-state index contributed by atoms with van der Waals surface area (Å²) >= 11 is 0. The van der Waals surface area contributed by atoms with Gasteiger partial charge in [0.1, 0.15) is 6.26 Å². The van der Waals surface area contributed by atoms with E-state index in [-0.39, 0.29) is 5.91 Å². The fourth-order valence-corrected chi connectivity index (χ4v) is 1.68. The molecule has 0 spiro atoms. The average molecular weight is 244 g/mol. The lowest BCUT2D eigenvalue weighted by Gasteiger charge is -2.17. The summed E-state index contributed by atoms with van der Waals surface area (Å²) < 4.78 is 5.06. The maximum atomic E-state index is 12.2. The van der Waals surface area contributed by atoms with E-state index in [4.69, 9.17) is 4.42 Å². The highest BCUT2D eigenvalue weighted by Gasteiger charge is 2.17. The normalized spacial score (nSPS) is 10.4. The van der Waals surface area contributed by atoms with Crippen molar-refractivity contribution in [1.82, 2.24) is 4.98 Å². The molecule has 0 N–H and O–H groups in total. The van der Waals surface area contributed by atoms with Crippen LogP contribution in [0.3, 0.4) is 0 Å². The Bertz CT molecular complexity index is 587. The van der Waals surface area contributed by atoms with Crippen LogP contribution in [0, 0.1) is 20.8 Å². The molecule has 4 heteroatoms. The van der Waals surface area contributed by atoms with Crippen LogP contribution in [0.5, 0.6) is 0 Å². The Morgan fingerprint density at radius 2 is 1.94 bits per heavy atom. The highest BCUT2D eigenvalue weighted by atomic mass is 16.3. The summed E-state index contributed by atoms with van der Waals surface area (Å²) in [5.41, 5.74) is 3.54. The monoisotopic (exact) mass is 244 g/mol. The van der Waals surface area contributed by atoms with E-state index < -0.39 is 0 Å². The lowest BCUT2D eigenvalue weighted by atomic mass is 10.1. The van der Waals surface area contributed by atoms with Crippen LogP contribution in [0.2, 0.25) is 0 Å². The summed E-state index contributed by atoms with van der Waals surface area (Å²) in [6.07, 6.45) is 1.38. The molecule has 0 atom stereocenters. The van der Waals surface area contributed by atoms with Gasteiger partial charge in [-0.3, -0.25) is 4.79 Å². The van der Waals surface area contributed by atoms with Gasteiger partial charge < -0.3 is 9.32 Å². The lowest BCUT2D eigenvalue weighted by Crippen LogP contribution is -2.26. The zero-order chi connectivity index (χ0) is 13.3. The fraction of sp³-hybridized carbons (Fsp3) is 0.286. The number of aryl methyl sites for hydroxylation is 3. The molecular formula is C14H16N2O2. The SMILES string of the molecule is Cc1nc(C(=O)N(C)c2ccc(C)c(C)c2)co1. The molecule has 2 rings (SSSR count). The van der Waals surface area contributed by atoms with Gasteiger partial charge in [0.05, 0.1) is 0 Å². The molecule has 0 aliphatic heterocycles. The predicted octanol–water partition coefficient (Wildman–Crippen LogP) is 2.88. The van der Waals surface area contributed by atoms with Gasteiger partial charge in [0, 0.05) is 19.7 Å². The first kappa shape index (κ1) is 12.4. The van der Waals surface area contributed by atoms with Crippen LogP contribution >= 0.6 is 0 Å². The molecule has 0 bridgehead atoms. The lowest BCUT2D eigenvalue weighted by molar-refractivity contribution is 0.0988. The Labute approximate surface area is 106 Å². The van der Waals surface area contributed by atoms with Gasteiger partial charge in [0.2, 0.25) is 0 Å². The second kappa shape index (κ2) is 4.64. The van der Waals surface area contributed by atoms with E-state index in [1.807, 2.05) is 32.0 Å². The molecule has 2 aromatic rings. The van der Waals surface area contributed by atoms with Crippen molar-refractivity contribution >= 4 is 11.6 Å². The molecule has 1 aromatic carbocycles. The molecule has 0 saturated heterocycles. The van der Waals surface area contributed by atoms with E-state index in [0.29, 0.717) is 11.6 Å². The number of nitrogens with zero attached hydrogens (tertiary/aromatic N) is 2. The van der Waals surface area contributed by atoms with Crippen molar-refractivity contribution in [3.05, 3.63) is 47.2 Å². The number of carbonyl (C=O) groups excluding carboxylic acids is 1. The number of carbonyl (C=O) groups is 1. The highest BCUT2D eigenvalue weighted by Crippen LogP contribution is 2.19. The van der Waals surface area contributed by atoms with Crippen molar-refractivity contribution in [3.8, 4) is 0 Å². The van der Waals surface area contributed by atoms with Crippen molar-refractivity contribution in [2.24, 2.45) is 0 Å². The first-order chi connectivity index (χ1) is 8.49. The van der Waals surface area contributed by atoms with Crippen molar-refractivity contribution in [1.29, 1.82) is 0 Å². The van der Waals surface area contributed by atoms with Gasteiger partial charge in [-0.2, -0.15) is 0 Å². The Balaban J connectivity index is 2.28. The first-order valence-electron chi connectivity index (χ1n) is 5.76. The van der Waals surface area contributed by atoms with Gasteiger partial charge in [-0.05, 0) is 37.1 Å². The van der Waals surface area contributed by atoms with E-state index in [1.165, 1.54) is 11.8 Å². The molecule has 0 fully saturated rings. The summed E-state index contributed by atoms with van der Waals surface area (Å²) in [5.74, 6) is 0.321. The predicted molar refractivity (Wildman–Crippen MR) is 69.9 cm³/mol. The zero-order valence-electron chi connectivity index (χ0n) is 11.0. The third-order valence-corrected chi connectivity index (χ3v) is 3.02. The number of benzene rings is 1. The number of hydrogen-bond acceptors (Lipinski definition) is 3. The van der Waals surface area contributed by atoms with E-state index in [0.717, 1.165) is 11.3 Å². The number of anilines is 1. The Morgan fingerprint density at radius 1 is 1.22 bits per heavy atom. The van der Waals surface area contributed by atoms with Crippen LogP contribution in [0.15, 0.2) is 28.9 Å². The fourth-order valence-electron chi connectivity index (χ4n) is 1.68. The summed E-state index contributed by atoms with van der Waals surface area (Å²) in [5, 5.41) is 0. The molecular weight excluding hydrogens is 228 g/mol. The number of hydrogen-bond donors (Lipinski definition) is 0. The van der Waals surface area contributed by atoms with Crippen LogP contribution in [0.1, 0.15) is 27.5 Å². The third kappa shape index (κ3) is 2.27. The third-order valence-electron chi connectivity index (χ3n) is 3.02. The number of aromatic nitrogens is 1. The topological polar surface area (TPSA) is 46.3 Å².